The topological polar surface area (TPSA) is 29.3 Å². The molecule has 0 bridgehead atoms. The van der Waals surface area contributed by atoms with Crippen LogP contribution in [-0.2, 0) is 0 Å². The molecule has 0 aliphatic carbocycles. The van der Waals surface area contributed by atoms with E-state index in [9.17, 15) is 0 Å². The van der Waals surface area contributed by atoms with Gasteiger partial charge in [0, 0.05) is 16.6 Å². The zero-order valence-corrected chi connectivity index (χ0v) is 13.0. The van der Waals surface area contributed by atoms with Crippen LogP contribution >= 0.6 is 27.5 Å². The number of piperidine rings is 1. The summed E-state index contributed by atoms with van der Waals surface area (Å²) in [5, 5.41) is 0.765. The molecule has 1 fully saturated rings. The lowest BCUT2D eigenvalue weighted by atomic mass is 9.91. The lowest BCUT2D eigenvalue weighted by Crippen LogP contribution is -2.46. The van der Waals surface area contributed by atoms with Gasteiger partial charge in [-0.05, 0) is 66.0 Å². The van der Waals surface area contributed by atoms with E-state index in [0.29, 0.717) is 6.04 Å². The van der Waals surface area contributed by atoms with Gasteiger partial charge >= 0.3 is 0 Å². The first-order valence-corrected chi connectivity index (χ1v) is 7.75. The molecule has 0 radical (unpaired) electrons. The lowest BCUT2D eigenvalue weighted by Gasteiger charge is -2.40. The van der Waals surface area contributed by atoms with Crippen molar-refractivity contribution in [3.63, 3.8) is 0 Å². The van der Waals surface area contributed by atoms with E-state index in [0.717, 1.165) is 35.4 Å². The van der Waals surface area contributed by atoms with Crippen molar-refractivity contribution in [2.75, 3.05) is 13.1 Å². The highest BCUT2D eigenvalue weighted by Crippen LogP contribution is 2.33. The van der Waals surface area contributed by atoms with E-state index in [1.165, 1.54) is 12.0 Å². The molecule has 1 aromatic carbocycles. The van der Waals surface area contributed by atoms with Gasteiger partial charge in [-0.1, -0.05) is 24.6 Å². The first-order chi connectivity index (χ1) is 8.63. The van der Waals surface area contributed by atoms with Crippen LogP contribution in [0.2, 0.25) is 5.02 Å². The fraction of sp³-hybridized carbons (Fsp3) is 0.571. The number of benzene rings is 1. The molecule has 0 saturated carbocycles. The summed E-state index contributed by atoms with van der Waals surface area (Å²) < 4.78 is 0.944. The molecule has 0 spiro atoms. The van der Waals surface area contributed by atoms with Crippen LogP contribution < -0.4 is 5.73 Å². The van der Waals surface area contributed by atoms with Crippen molar-refractivity contribution in [1.29, 1.82) is 0 Å². The van der Waals surface area contributed by atoms with E-state index in [2.05, 4.69) is 33.8 Å². The van der Waals surface area contributed by atoms with Crippen molar-refractivity contribution in [3.05, 3.63) is 33.3 Å². The van der Waals surface area contributed by atoms with Crippen molar-refractivity contribution in [3.8, 4) is 0 Å². The Morgan fingerprint density at radius 1 is 1.50 bits per heavy atom. The number of hydrogen-bond acceptors (Lipinski definition) is 2. The molecule has 2 rings (SSSR count). The summed E-state index contributed by atoms with van der Waals surface area (Å²) in [6.45, 7) is 4.46. The molecule has 4 heteroatoms. The quantitative estimate of drug-likeness (QED) is 0.908. The summed E-state index contributed by atoms with van der Waals surface area (Å²) in [5.41, 5.74) is 7.56. The second-order valence-corrected chi connectivity index (χ2v) is 6.22. The van der Waals surface area contributed by atoms with Gasteiger partial charge in [0.15, 0.2) is 0 Å². The Hall–Kier alpha value is -0.0900. The zero-order valence-electron chi connectivity index (χ0n) is 10.7. The van der Waals surface area contributed by atoms with Gasteiger partial charge in [-0.2, -0.15) is 0 Å². The lowest BCUT2D eigenvalue weighted by molar-refractivity contribution is 0.128. The second-order valence-electron chi connectivity index (χ2n) is 4.96. The monoisotopic (exact) mass is 330 g/mol. The third-order valence-electron chi connectivity index (χ3n) is 3.58. The Balaban J connectivity index is 2.28. The molecule has 0 amide bonds. The third-order valence-corrected chi connectivity index (χ3v) is 4.81. The minimum Gasteiger partial charge on any atom is -0.326 e. The minimum atomic E-state index is 0.211. The van der Waals surface area contributed by atoms with Crippen LogP contribution in [-0.4, -0.2) is 24.0 Å². The molecular weight excluding hydrogens is 312 g/mol. The molecule has 100 valence electrons. The van der Waals surface area contributed by atoms with Gasteiger partial charge in [-0.25, -0.2) is 0 Å². The Labute approximate surface area is 123 Å². The highest BCUT2D eigenvalue weighted by molar-refractivity contribution is 9.10. The Bertz CT molecular complexity index is 409. The number of rotatable bonds is 3. The van der Waals surface area contributed by atoms with Gasteiger partial charge in [0.05, 0.1) is 5.02 Å². The van der Waals surface area contributed by atoms with Crippen LogP contribution in [0.25, 0.3) is 0 Å². The van der Waals surface area contributed by atoms with Crippen LogP contribution in [0.4, 0.5) is 0 Å². The minimum absolute atomic E-state index is 0.211. The van der Waals surface area contributed by atoms with E-state index >= 15 is 0 Å². The van der Waals surface area contributed by atoms with Gasteiger partial charge in [-0.15, -0.1) is 0 Å². The van der Waals surface area contributed by atoms with E-state index < -0.39 is 0 Å². The molecule has 1 aliphatic heterocycles. The van der Waals surface area contributed by atoms with Crippen molar-refractivity contribution >= 4 is 27.5 Å². The normalized spacial score (nSPS) is 25.3. The first kappa shape index (κ1) is 14.3. The highest BCUT2D eigenvalue weighted by atomic mass is 79.9. The molecule has 1 heterocycles. The molecule has 0 aromatic heterocycles. The van der Waals surface area contributed by atoms with Gasteiger partial charge in [-0.3, -0.25) is 4.90 Å². The predicted molar refractivity (Wildman–Crippen MR) is 81.0 cm³/mol. The molecule has 1 aromatic rings. The number of likely N-dealkylation sites (tertiary alicyclic amines) is 1. The van der Waals surface area contributed by atoms with Gasteiger partial charge in [0.1, 0.15) is 0 Å². The Morgan fingerprint density at radius 3 is 2.94 bits per heavy atom. The van der Waals surface area contributed by atoms with E-state index in [-0.39, 0.29) is 6.04 Å². The summed E-state index contributed by atoms with van der Waals surface area (Å²) in [5.74, 6) is 0. The molecule has 2 nitrogen and oxygen atoms in total. The molecule has 1 saturated heterocycles. The van der Waals surface area contributed by atoms with Crippen LogP contribution in [0, 0.1) is 0 Å². The molecule has 2 unspecified atom stereocenters. The van der Waals surface area contributed by atoms with Crippen molar-refractivity contribution in [1.82, 2.24) is 4.90 Å². The maximum Gasteiger partial charge on any atom is 0.0551 e. The van der Waals surface area contributed by atoms with Crippen molar-refractivity contribution in [2.45, 2.75) is 38.3 Å². The van der Waals surface area contributed by atoms with Gasteiger partial charge in [0.2, 0.25) is 0 Å². The largest absolute Gasteiger partial charge is 0.326 e. The molecular formula is C14H20BrClN2. The number of halogens is 2. The fourth-order valence-electron chi connectivity index (χ4n) is 2.79. The van der Waals surface area contributed by atoms with Crippen LogP contribution in [0.1, 0.15) is 37.8 Å². The predicted octanol–water partition coefficient (Wildman–Crippen LogP) is 3.98. The van der Waals surface area contributed by atoms with Crippen LogP contribution in [0.3, 0.4) is 0 Å². The van der Waals surface area contributed by atoms with Gasteiger partial charge in [0.25, 0.3) is 0 Å². The smallest absolute Gasteiger partial charge is 0.0551 e. The summed E-state index contributed by atoms with van der Waals surface area (Å²) >= 11 is 9.64. The second kappa shape index (κ2) is 6.38. The molecule has 1 aliphatic rings. The summed E-state index contributed by atoms with van der Waals surface area (Å²) in [4.78, 5) is 2.49. The zero-order chi connectivity index (χ0) is 13.1. The highest BCUT2D eigenvalue weighted by Gasteiger charge is 2.29. The molecule has 2 N–H and O–H groups in total. The summed E-state index contributed by atoms with van der Waals surface area (Å²) in [6.07, 6.45) is 3.45. The molecule has 2 atom stereocenters. The number of nitrogens with zero attached hydrogens (tertiary/aromatic N) is 1. The Kier molecular flexibility index (Phi) is 5.07. The maximum atomic E-state index is 6.32. The standard InChI is InChI=1S/C14H20BrClN2/c1-2-7-18-8-3-4-13(17)14(18)10-5-6-11(15)12(16)9-10/h5-6,9,13-14H,2-4,7-8,17H2,1H3. The summed E-state index contributed by atoms with van der Waals surface area (Å²) in [7, 11) is 0. The maximum absolute atomic E-state index is 6.32. The number of hydrogen-bond donors (Lipinski definition) is 1. The average Bonchev–Trinajstić information content (AvgIpc) is 2.34. The number of nitrogens with two attached hydrogens (primary N) is 1. The fourth-order valence-corrected chi connectivity index (χ4v) is 3.23. The van der Waals surface area contributed by atoms with Crippen molar-refractivity contribution < 1.29 is 0 Å². The van der Waals surface area contributed by atoms with Gasteiger partial charge < -0.3 is 5.73 Å². The Morgan fingerprint density at radius 2 is 2.28 bits per heavy atom. The average molecular weight is 332 g/mol. The SMILES string of the molecule is CCCN1CCCC(N)C1c1ccc(Br)c(Cl)c1. The third kappa shape index (κ3) is 3.08. The summed E-state index contributed by atoms with van der Waals surface area (Å²) in [6, 6.07) is 6.72. The van der Waals surface area contributed by atoms with E-state index in [1.54, 1.807) is 0 Å². The molecule has 18 heavy (non-hydrogen) atoms. The first-order valence-electron chi connectivity index (χ1n) is 6.58. The van der Waals surface area contributed by atoms with E-state index in [4.69, 9.17) is 17.3 Å². The van der Waals surface area contributed by atoms with Crippen LogP contribution in [0.15, 0.2) is 22.7 Å². The van der Waals surface area contributed by atoms with Crippen molar-refractivity contribution in [2.24, 2.45) is 5.73 Å². The van der Waals surface area contributed by atoms with E-state index in [1.807, 2.05) is 12.1 Å². The van der Waals surface area contributed by atoms with Crippen LogP contribution in [0.5, 0.6) is 0 Å².